The Morgan fingerprint density at radius 1 is 1.53 bits per heavy atom. The molecule has 0 bridgehead atoms. The van der Waals surface area contributed by atoms with Crippen molar-refractivity contribution >= 4 is 5.97 Å². The first-order valence-corrected chi connectivity index (χ1v) is 5.18. The van der Waals surface area contributed by atoms with Crippen LogP contribution in [0.3, 0.4) is 0 Å². The maximum absolute atomic E-state index is 11.6. The molecule has 3 heteroatoms. The maximum Gasteiger partial charge on any atom is 0.338 e. The van der Waals surface area contributed by atoms with E-state index >= 15 is 0 Å². The van der Waals surface area contributed by atoms with Crippen molar-refractivity contribution in [2.24, 2.45) is 0 Å². The standard InChI is InChI=1S/C12H14O3/c1-2-15-12(14)10-5-3-4-8-6-9(13)7-11(8)10/h3-5,9,13H,2,6-7H2,1H3. The van der Waals surface area contributed by atoms with Crippen LogP contribution in [-0.2, 0) is 17.6 Å². The first-order valence-electron chi connectivity index (χ1n) is 5.18. The summed E-state index contributed by atoms with van der Waals surface area (Å²) in [6.07, 6.45) is 0.850. The molecule has 1 unspecified atom stereocenters. The Labute approximate surface area is 88.7 Å². The lowest BCUT2D eigenvalue weighted by atomic mass is 10.0. The highest BCUT2D eigenvalue weighted by atomic mass is 16.5. The molecule has 1 aliphatic rings. The summed E-state index contributed by atoms with van der Waals surface area (Å²) < 4.78 is 4.97. The second kappa shape index (κ2) is 4.03. The fourth-order valence-electron chi connectivity index (χ4n) is 2.03. The molecule has 3 nitrogen and oxygen atoms in total. The van der Waals surface area contributed by atoms with Gasteiger partial charge < -0.3 is 9.84 Å². The van der Waals surface area contributed by atoms with Gasteiger partial charge in [0.2, 0.25) is 0 Å². The third kappa shape index (κ3) is 1.88. The van der Waals surface area contributed by atoms with Crippen molar-refractivity contribution in [2.75, 3.05) is 6.61 Å². The fraction of sp³-hybridized carbons (Fsp3) is 0.417. The summed E-state index contributed by atoms with van der Waals surface area (Å²) in [5, 5.41) is 9.53. The Kier molecular flexibility index (Phi) is 2.73. The Morgan fingerprint density at radius 2 is 2.33 bits per heavy atom. The van der Waals surface area contributed by atoms with Gasteiger partial charge in [-0.3, -0.25) is 0 Å². The minimum absolute atomic E-state index is 0.288. The van der Waals surface area contributed by atoms with E-state index in [4.69, 9.17) is 4.74 Å². The second-order valence-corrected chi connectivity index (χ2v) is 3.73. The van der Waals surface area contributed by atoms with Crippen LogP contribution in [0.5, 0.6) is 0 Å². The molecule has 0 aliphatic heterocycles. The molecule has 0 amide bonds. The van der Waals surface area contributed by atoms with Crippen LogP contribution in [0, 0.1) is 0 Å². The molecule has 0 spiro atoms. The van der Waals surface area contributed by atoms with E-state index in [2.05, 4.69) is 0 Å². The molecule has 1 aromatic carbocycles. The Bertz CT molecular complexity index is 384. The molecule has 0 fully saturated rings. The van der Waals surface area contributed by atoms with Gasteiger partial charge in [0.1, 0.15) is 0 Å². The predicted octanol–water partition coefficient (Wildman–Crippen LogP) is 1.32. The zero-order valence-electron chi connectivity index (χ0n) is 8.69. The maximum atomic E-state index is 11.6. The predicted molar refractivity (Wildman–Crippen MR) is 55.8 cm³/mol. The third-order valence-corrected chi connectivity index (χ3v) is 2.66. The van der Waals surface area contributed by atoms with Gasteiger partial charge in [0, 0.05) is 0 Å². The lowest BCUT2D eigenvalue weighted by Crippen LogP contribution is -2.09. The number of aliphatic hydroxyl groups excluding tert-OH is 1. The molecule has 1 atom stereocenters. The minimum atomic E-state index is -0.351. The summed E-state index contributed by atoms with van der Waals surface area (Å²) in [6, 6.07) is 5.55. The van der Waals surface area contributed by atoms with Gasteiger partial charge in [0.05, 0.1) is 18.3 Å². The summed E-state index contributed by atoms with van der Waals surface area (Å²) >= 11 is 0. The Morgan fingerprint density at radius 3 is 3.07 bits per heavy atom. The molecule has 1 N–H and O–H groups in total. The zero-order valence-corrected chi connectivity index (χ0v) is 8.69. The van der Waals surface area contributed by atoms with E-state index in [1.54, 1.807) is 13.0 Å². The normalized spacial score (nSPS) is 18.7. The molecule has 80 valence electrons. The molecule has 0 radical (unpaired) electrons. The minimum Gasteiger partial charge on any atom is -0.462 e. The number of ether oxygens (including phenoxy) is 1. The second-order valence-electron chi connectivity index (χ2n) is 3.73. The number of rotatable bonds is 2. The number of hydrogen-bond acceptors (Lipinski definition) is 3. The summed E-state index contributed by atoms with van der Waals surface area (Å²) in [6.45, 7) is 2.17. The lowest BCUT2D eigenvalue weighted by Gasteiger charge is -2.06. The van der Waals surface area contributed by atoms with Crippen molar-refractivity contribution in [2.45, 2.75) is 25.9 Å². The summed E-state index contributed by atoms with van der Waals surface area (Å²) in [5.74, 6) is -0.288. The zero-order chi connectivity index (χ0) is 10.8. The Hall–Kier alpha value is -1.35. The van der Waals surface area contributed by atoms with Gasteiger partial charge in [-0.25, -0.2) is 4.79 Å². The average molecular weight is 206 g/mol. The van der Waals surface area contributed by atoms with Crippen molar-refractivity contribution in [3.63, 3.8) is 0 Å². The molecule has 15 heavy (non-hydrogen) atoms. The van der Waals surface area contributed by atoms with Gasteiger partial charge in [0.25, 0.3) is 0 Å². The number of carbonyl (C=O) groups is 1. The van der Waals surface area contributed by atoms with Crippen molar-refractivity contribution < 1.29 is 14.6 Å². The van der Waals surface area contributed by atoms with Crippen molar-refractivity contribution in [1.82, 2.24) is 0 Å². The number of esters is 1. The van der Waals surface area contributed by atoms with E-state index in [0.717, 1.165) is 11.1 Å². The van der Waals surface area contributed by atoms with Gasteiger partial charge >= 0.3 is 5.97 Å². The van der Waals surface area contributed by atoms with Crippen LogP contribution in [0.15, 0.2) is 18.2 Å². The monoisotopic (exact) mass is 206 g/mol. The van der Waals surface area contributed by atoms with Gasteiger partial charge in [-0.05, 0) is 37.0 Å². The van der Waals surface area contributed by atoms with Crippen molar-refractivity contribution in [1.29, 1.82) is 0 Å². The van der Waals surface area contributed by atoms with E-state index in [0.29, 0.717) is 25.0 Å². The van der Waals surface area contributed by atoms with Gasteiger partial charge in [0.15, 0.2) is 0 Å². The average Bonchev–Trinajstić information content (AvgIpc) is 2.57. The molecule has 0 aromatic heterocycles. The molecule has 2 rings (SSSR count). The van der Waals surface area contributed by atoms with Crippen LogP contribution < -0.4 is 0 Å². The molecule has 0 heterocycles. The molecule has 1 aromatic rings. The molecule has 0 saturated heterocycles. The largest absolute Gasteiger partial charge is 0.462 e. The number of benzene rings is 1. The summed E-state index contributed by atoms with van der Waals surface area (Å²) in [5.41, 5.74) is 2.61. The Balaban J connectivity index is 2.34. The smallest absolute Gasteiger partial charge is 0.338 e. The quantitative estimate of drug-likeness (QED) is 0.742. The first-order chi connectivity index (χ1) is 7.22. The fourth-order valence-corrected chi connectivity index (χ4v) is 2.03. The third-order valence-electron chi connectivity index (χ3n) is 2.66. The van der Waals surface area contributed by atoms with E-state index < -0.39 is 0 Å². The number of hydrogen-bond donors (Lipinski definition) is 1. The van der Waals surface area contributed by atoms with Crippen molar-refractivity contribution in [3.8, 4) is 0 Å². The van der Waals surface area contributed by atoms with E-state index in [1.165, 1.54) is 0 Å². The highest BCUT2D eigenvalue weighted by Gasteiger charge is 2.24. The molecule has 1 aliphatic carbocycles. The SMILES string of the molecule is CCOC(=O)c1cccc2c1CC(O)C2. The van der Waals surface area contributed by atoms with Crippen LogP contribution in [0.1, 0.15) is 28.4 Å². The molecule has 0 saturated carbocycles. The van der Waals surface area contributed by atoms with Crippen LogP contribution in [0.4, 0.5) is 0 Å². The van der Waals surface area contributed by atoms with Crippen LogP contribution in [-0.4, -0.2) is 23.8 Å². The van der Waals surface area contributed by atoms with Gasteiger partial charge in [-0.15, -0.1) is 0 Å². The molecular formula is C12H14O3. The van der Waals surface area contributed by atoms with Crippen molar-refractivity contribution in [3.05, 3.63) is 34.9 Å². The van der Waals surface area contributed by atoms with Gasteiger partial charge in [-0.1, -0.05) is 12.1 Å². The number of carbonyl (C=O) groups excluding carboxylic acids is 1. The van der Waals surface area contributed by atoms with Crippen LogP contribution in [0.25, 0.3) is 0 Å². The summed E-state index contributed by atoms with van der Waals surface area (Å²) in [4.78, 5) is 11.6. The van der Waals surface area contributed by atoms with E-state index in [9.17, 15) is 9.90 Å². The highest BCUT2D eigenvalue weighted by molar-refractivity contribution is 5.91. The van der Waals surface area contributed by atoms with E-state index in [1.807, 2.05) is 12.1 Å². The first kappa shape index (κ1) is 10.2. The summed E-state index contributed by atoms with van der Waals surface area (Å²) in [7, 11) is 0. The van der Waals surface area contributed by atoms with Crippen LogP contribution >= 0.6 is 0 Å². The number of aliphatic hydroxyl groups is 1. The topological polar surface area (TPSA) is 46.5 Å². The van der Waals surface area contributed by atoms with E-state index in [-0.39, 0.29) is 12.1 Å². The lowest BCUT2D eigenvalue weighted by molar-refractivity contribution is 0.0525. The molecular weight excluding hydrogens is 192 g/mol. The highest BCUT2D eigenvalue weighted by Crippen LogP contribution is 2.26. The van der Waals surface area contributed by atoms with Crippen LogP contribution in [0.2, 0.25) is 0 Å². The number of fused-ring (bicyclic) bond motifs is 1. The van der Waals surface area contributed by atoms with Gasteiger partial charge in [-0.2, -0.15) is 0 Å².